The second-order valence-electron chi connectivity index (χ2n) is 4.78. The van der Waals surface area contributed by atoms with Gasteiger partial charge in [-0.2, -0.15) is 5.10 Å². The van der Waals surface area contributed by atoms with Crippen molar-refractivity contribution in [2.24, 2.45) is 0 Å². The molecule has 0 aromatic carbocycles. The quantitative estimate of drug-likeness (QED) is 0.821. The van der Waals surface area contributed by atoms with Gasteiger partial charge in [0.15, 0.2) is 0 Å². The van der Waals surface area contributed by atoms with E-state index in [1.165, 1.54) is 0 Å². The zero-order valence-corrected chi connectivity index (χ0v) is 11.8. The third-order valence-electron chi connectivity index (χ3n) is 3.34. The number of hydrogen-bond acceptors (Lipinski definition) is 3. The molecule has 0 aliphatic heterocycles. The van der Waals surface area contributed by atoms with Crippen molar-refractivity contribution in [2.75, 3.05) is 13.7 Å². The van der Waals surface area contributed by atoms with E-state index in [0.717, 1.165) is 35.8 Å². The van der Waals surface area contributed by atoms with Gasteiger partial charge in [0, 0.05) is 12.1 Å². The molecule has 1 aromatic rings. The summed E-state index contributed by atoms with van der Waals surface area (Å²) in [6, 6.07) is 0. The van der Waals surface area contributed by atoms with E-state index in [9.17, 15) is 5.11 Å². The number of aliphatic hydroxyl groups excluding tert-OH is 1. The topological polar surface area (TPSA) is 50.1 Å². The third-order valence-corrected chi connectivity index (χ3v) is 3.89. The number of halogens is 1. The summed E-state index contributed by atoms with van der Waals surface area (Å²) in [7, 11) is 1.87. The number of likely N-dealkylation sites (N-methyl/N-ethyl adjacent to an activating group) is 1. The Morgan fingerprint density at radius 1 is 1.47 bits per heavy atom. The number of rotatable bonds is 6. The number of nitrogens with zero attached hydrogens (tertiary/aromatic N) is 2. The first kappa shape index (κ1) is 14.5. The van der Waals surface area contributed by atoms with Crippen LogP contribution in [0.2, 0.25) is 5.02 Å². The maximum absolute atomic E-state index is 9.28. The molecule has 0 radical (unpaired) electrons. The second kappa shape index (κ2) is 5.85. The number of nitrogens with one attached hydrogen (secondary N) is 1. The molecule has 1 heterocycles. The summed E-state index contributed by atoms with van der Waals surface area (Å²) < 4.78 is 1.94. The Morgan fingerprint density at radius 2 is 2.12 bits per heavy atom. The summed E-state index contributed by atoms with van der Waals surface area (Å²) in [4.78, 5) is 0. The minimum Gasteiger partial charge on any atom is -0.394 e. The monoisotopic (exact) mass is 259 g/mol. The van der Waals surface area contributed by atoms with Crippen molar-refractivity contribution < 1.29 is 5.11 Å². The lowest BCUT2D eigenvalue weighted by molar-refractivity contribution is 0.169. The van der Waals surface area contributed by atoms with Gasteiger partial charge in [-0.1, -0.05) is 11.6 Å². The molecular formula is C12H22ClN3O. The van der Waals surface area contributed by atoms with Gasteiger partial charge in [-0.05, 0) is 40.7 Å². The number of hydrogen-bond donors (Lipinski definition) is 2. The average molecular weight is 260 g/mol. The van der Waals surface area contributed by atoms with Crippen molar-refractivity contribution in [1.29, 1.82) is 0 Å². The Labute approximate surface area is 108 Å². The summed E-state index contributed by atoms with van der Waals surface area (Å²) in [5.41, 5.74) is 1.68. The van der Waals surface area contributed by atoms with E-state index in [2.05, 4.69) is 10.4 Å². The number of aryl methyl sites for hydroxylation is 2. The molecule has 1 unspecified atom stereocenters. The maximum Gasteiger partial charge on any atom is 0.0844 e. The van der Waals surface area contributed by atoms with Crippen LogP contribution in [-0.2, 0) is 6.54 Å². The van der Waals surface area contributed by atoms with E-state index in [0.29, 0.717) is 0 Å². The minimum atomic E-state index is -0.208. The van der Waals surface area contributed by atoms with Gasteiger partial charge in [-0.3, -0.25) is 4.68 Å². The standard InChI is InChI=1S/C12H22ClN3O/c1-9-11(13)10(2)16(15-9)7-5-6-12(3,8-17)14-4/h14,17H,5-8H2,1-4H3. The highest BCUT2D eigenvalue weighted by molar-refractivity contribution is 6.31. The van der Waals surface area contributed by atoms with Gasteiger partial charge in [0.1, 0.15) is 0 Å². The van der Waals surface area contributed by atoms with Crippen LogP contribution in [0.4, 0.5) is 0 Å². The molecule has 17 heavy (non-hydrogen) atoms. The van der Waals surface area contributed by atoms with Crippen LogP contribution >= 0.6 is 11.6 Å². The molecule has 0 amide bonds. The van der Waals surface area contributed by atoms with E-state index >= 15 is 0 Å². The van der Waals surface area contributed by atoms with Crippen LogP contribution in [0, 0.1) is 13.8 Å². The highest BCUT2D eigenvalue weighted by Gasteiger charge is 2.20. The van der Waals surface area contributed by atoms with Crippen LogP contribution in [0.1, 0.15) is 31.2 Å². The lowest BCUT2D eigenvalue weighted by Gasteiger charge is -2.26. The minimum absolute atomic E-state index is 0.140. The number of aliphatic hydroxyl groups is 1. The zero-order chi connectivity index (χ0) is 13.1. The van der Waals surface area contributed by atoms with Gasteiger partial charge in [0.2, 0.25) is 0 Å². The molecule has 0 aliphatic carbocycles. The Morgan fingerprint density at radius 3 is 2.53 bits per heavy atom. The van der Waals surface area contributed by atoms with Gasteiger partial charge in [-0.15, -0.1) is 0 Å². The SMILES string of the molecule is CNC(C)(CO)CCCn1nc(C)c(Cl)c1C. The van der Waals surface area contributed by atoms with Crippen molar-refractivity contribution in [3.8, 4) is 0 Å². The van der Waals surface area contributed by atoms with Crippen LogP contribution in [0.25, 0.3) is 0 Å². The van der Waals surface area contributed by atoms with Crippen LogP contribution in [0.5, 0.6) is 0 Å². The first-order valence-electron chi connectivity index (χ1n) is 5.93. The van der Waals surface area contributed by atoms with Gasteiger partial charge in [-0.25, -0.2) is 0 Å². The van der Waals surface area contributed by atoms with Crippen LogP contribution in [0.15, 0.2) is 0 Å². The maximum atomic E-state index is 9.28. The van der Waals surface area contributed by atoms with Gasteiger partial charge < -0.3 is 10.4 Å². The summed E-state index contributed by atoms with van der Waals surface area (Å²) in [5, 5.41) is 17.6. The lowest BCUT2D eigenvalue weighted by atomic mass is 9.97. The summed E-state index contributed by atoms with van der Waals surface area (Å²) in [6.07, 6.45) is 1.85. The highest BCUT2D eigenvalue weighted by atomic mass is 35.5. The molecule has 0 spiro atoms. The van der Waals surface area contributed by atoms with Crippen LogP contribution in [0.3, 0.4) is 0 Å². The molecule has 4 nitrogen and oxygen atoms in total. The molecule has 0 saturated heterocycles. The fourth-order valence-corrected chi connectivity index (χ4v) is 1.93. The van der Waals surface area contributed by atoms with Crippen LogP contribution in [-0.4, -0.2) is 34.1 Å². The van der Waals surface area contributed by atoms with E-state index in [-0.39, 0.29) is 12.1 Å². The molecule has 1 rings (SSSR count). The van der Waals surface area contributed by atoms with Crippen molar-refractivity contribution >= 4 is 11.6 Å². The second-order valence-corrected chi connectivity index (χ2v) is 5.16. The van der Waals surface area contributed by atoms with Crippen molar-refractivity contribution in [1.82, 2.24) is 15.1 Å². The average Bonchev–Trinajstić information content (AvgIpc) is 2.57. The van der Waals surface area contributed by atoms with Gasteiger partial charge in [0.25, 0.3) is 0 Å². The summed E-state index contributed by atoms with van der Waals surface area (Å²) in [6.45, 7) is 6.88. The Kier molecular flexibility index (Phi) is 4.98. The Bertz CT molecular complexity index is 372. The Balaban J connectivity index is 2.54. The first-order chi connectivity index (χ1) is 7.93. The molecular weight excluding hydrogens is 238 g/mol. The fourth-order valence-electron chi connectivity index (χ4n) is 1.79. The predicted molar refractivity (Wildman–Crippen MR) is 70.5 cm³/mol. The molecule has 0 fully saturated rings. The van der Waals surface area contributed by atoms with Gasteiger partial charge in [0.05, 0.1) is 23.0 Å². The fraction of sp³-hybridized carbons (Fsp3) is 0.750. The van der Waals surface area contributed by atoms with Crippen LogP contribution < -0.4 is 5.32 Å². The number of aromatic nitrogens is 2. The normalized spacial score (nSPS) is 14.9. The van der Waals surface area contributed by atoms with E-state index < -0.39 is 0 Å². The molecule has 98 valence electrons. The molecule has 2 N–H and O–H groups in total. The first-order valence-corrected chi connectivity index (χ1v) is 6.30. The van der Waals surface area contributed by atoms with E-state index in [1.807, 2.05) is 32.5 Å². The largest absolute Gasteiger partial charge is 0.394 e. The van der Waals surface area contributed by atoms with Crippen molar-refractivity contribution in [2.45, 2.75) is 45.7 Å². The van der Waals surface area contributed by atoms with E-state index in [1.54, 1.807) is 0 Å². The molecule has 1 atom stereocenters. The Hall–Kier alpha value is -0.580. The van der Waals surface area contributed by atoms with Gasteiger partial charge >= 0.3 is 0 Å². The summed E-state index contributed by atoms with van der Waals surface area (Å²) in [5.74, 6) is 0. The highest BCUT2D eigenvalue weighted by Crippen LogP contribution is 2.20. The molecule has 5 heteroatoms. The lowest BCUT2D eigenvalue weighted by Crippen LogP contribution is -2.43. The molecule has 0 aliphatic rings. The van der Waals surface area contributed by atoms with E-state index in [4.69, 9.17) is 11.6 Å². The summed E-state index contributed by atoms with van der Waals surface area (Å²) >= 11 is 6.09. The van der Waals surface area contributed by atoms with Crippen molar-refractivity contribution in [3.63, 3.8) is 0 Å². The molecule has 0 bridgehead atoms. The zero-order valence-electron chi connectivity index (χ0n) is 11.0. The smallest absolute Gasteiger partial charge is 0.0844 e. The predicted octanol–water partition coefficient (Wildman–Crippen LogP) is 1.90. The molecule has 1 aromatic heterocycles. The third kappa shape index (κ3) is 3.44. The molecule has 0 saturated carbocycles. The van der Waals surface area contributed by atoms with Crippen molar-refractivity contribution in [3.05, 3.63) is 16.4 Å².